The topological polar surface area (TPSA) is 59.1 Å². The molecule has 6 nitrogen and oxygen atoms in total. The maximum absolute atomic E-state index is 13.5. The minimum Gasteiger partial charge on any atom is -0.486 e. The van der Waals surface area contributed by atoms with Crippen LogP contribution >= 0.6 is 0 Å². The third kappa shape index (κ3) is 3.75. The zero-order valence-electron chi connectivity index (χ0n) is 16.0. The van der Waals surface area contributed by atoms with Crippen LogP contribution in [0.2, 0.25) is 0 Å². The second kappa shape index (κ2) is 7.79. The smallest absolute Gasteiger partial charge is 0.230 e. The monoisotopic (exact) mass is 372 g/mol. The van der Waals surface area contributed by atoms with E-state index in [1.807, 2.05) is 28.0 Å². The Morgan fingerprint density at radius 1 is 0.963 bits per heavy atom. The molecule has 6 heteroatoms. The van der Waals surface area contributed by atoms with Crippen LogP contribution in [0.3, 0.4) is 0 Å². The van der Waals surface area contributed by atoms with Crippen LogP contribution in [-0.2, 0) is 9.59 Å². The van der Waals surface area contributed by atoms with Gasteiger partial charge in [0.2, 0.25) is 11.8 Å². The van der Waals surface area contributed by atoms with Crippen LogP contribution in [0.25, 0.3) is 0 Å². The van der Waals surface area contributed by atoms with E-state index in [2.05, 4.69) is 0 Å². The summed E-state index contributed by atoms with van der Waals surface area (Å²) in [4.78, 5) is 28.8. The number of hydrogen-bond acceptors (Lipinski definition) is 4. The summed E-state index contributed by atoms with van der Waals surface area (Å²) in [7, 11) is 0. The van der Waals surface area contributed by atoms with Crippen LogP contribution in [0.15, 0.2) is 18.2 Å². The molecule has 1 atom stereocenters. The van der Waals surface area contributed by atoms with Gasteiger partial charge in [-0.15, -0.1) is 0 Å². The van der Waals surface area contributed by atoms with E-state index in [1.54, 1.807) is 6.92 Å². The van der Waals surface area contributed by atoms with Crippen LogP contribution in [0, 0.1) is 5.92 Å². The standard InChI is InChI=1S/C21H28N2O4/c1-15(24)22-8-10-23(11-9-22)21(25)20(16-4-2-3-5-16)17-6-7-18-19(14-17)27-13-12-26-18/h6-7,14,16,20H,2-5,8-13H2,1H3. The van der Waals surface area contributed by atoms with Crippen molar-refractivity contribution in [3.05, 3.63) is 23.8 Å². The molecule has 1 saturated carbocycles. The molecule has 1 aliphatic carbocycles. The molecule has 4 rings (SSSR count). The van der Waals surface area contributed by atoms with Crippen LogP contribution in [-0.4, -0.2) is 61.0 Å². The summed E-state index contributed by atoms with van der Waals surface area (Å²) in [5.41, 5.74) is 1.03. The van der Waals surface area contributed by atoms with Gasteiger partial charge in [-0.25, -0.2) is 0 Å². The van der Waals surface area contributed by atoms with Crippen molar-refractivity contribution in [2.75, 3.05) is 39.4 Å². The molecule has 2 heterocycles. The zero-order valence-corrected chi connectivity index (χ0v) is 16.0. The van der Waals surface area contributed by atoms with Crippen LogP contribution in [0.5, 0.6) is 11.5 Å². The molecule has 27 heavy (non-hydrogen) atoms. The number of piperazine rings is 1. The molecule has 2 fully saturated rings. The molecule has 1 aromatic rings. The Morgan fingerprint density at radius 3 is 2.26 bits per heavy atom. The summed E-state index contributed by atoms with van der Waals surface area (Å²) >= 11 is 0. The van der Waals surface area contributed by atoms with Crippen molar-refractivity contribution >= 4 is 11.8 Å². The molecule has 0 aromatic heterocycles. The van der Waals surface area contributed by atoms with E-state index in [4.69, 9.17) is 9.47 Å². The number of nitrogens with zero attached hydrogens (tertiary/aromatic N) is 2. The molecule has 0 spiro atoms. The van der Waals surface area contributed by atoms with Gasteiger partial charge in [0.25, 0.3) is 0 Å². The maximum Gasteiger partial charge on any atom is 0.230 e. The lowest BCUT2D eigenvalue weighted by Crippen LogP contribution is -2.51. The lowest BCUT2D eigenvalue weighted by Gasteiger charge is -2.37. The van der Waals surface area contributed by atoms with Gasteiger partial charge in [-0.3, -0.25) is 9.59 Å². The van der Waals surface area contributed by atoms with Crippen LogP contribution < -0.4 is 9.47 Å². The largest absolute Gasteiger partial charge is 0.486 e. The molecule has 2 amide bonds. The average Bonchev–Trinajstić information content (AvgIpc) is 3.22. The summed E-state index contributed by atoms with van der Waals surface area (Å²) < 4.78 is 11.4. The van der Waals surface area contributed by atoms with Gasteiger partial charge in [0, 0.05) is 33.1 Å². The first kappa shape index (κ1) is 18.1. The number of carbonyl (C=O) groups is 2. The number of hydrogen-bond donors (Lipinski definition) is 0. The van der Waals surface area contributed by atoms with Crippen LogP contribution in [0.4, 0.5) is 0 Å². The van der Waals surface area contributed by atoms with E-state index in [0.29, 0.717) is 45.3 Å². The Balaban J connectivity index is 1.56. The molecule has 1 aromatic carbocycles. The Kier molecular flexibility index (Phi) is 5.23. The fourth-order valence-corrected chi connectivity index (χ4v) is 4.60. The Labute approximate surface area is 160 Å². The first-order chi connectivity index (χ1) is 13.1. The second-order valence-electron chi connectivity index (χ2n) is 7.76. The summed E-state index contributed by atoms with van der Waals surface area (Å²) in [6, 6.07) is 5.97. The molecule has 0 bridgehead atoms. The van der Waals surface area contributed by atoms with Crippen LogP contribution in [0.1, 0.15) is 44.1 Å². The van der Waals surface area contributed by atoms with E-state index in [1.165, 1.54) is 12.8 Å². The molecule has 3 aliphatic rings. The van der Waals surface area contributed by atoms with Crippen molar-refractivity contribution in [3.63, 3.8) is 0 Å². The molecular formula is C21H28N2O4. The highest BCUT2D eigenvalue weighted by Crippen LogP contribution is 2.41. The average molecular weight is 372 g/mol. The highest BCUT2D eigenvalue weighted by atomic mass is 16.6. The molecule has 1 saturated heterocycles. The lowest BCUT2D eigenvalue weighted by molar-refractivity contribution is -0.140. The van der Waals surface area contributed by atoms with E-state index in [0.717, 1.165) is 29.9 Å². The highest BCUT2D eigenvalue weighted by Gasteiger charge is 2.36. The molecule has 1 unspecified atom stereocenters. The van der Waals surface area contributed by atoms with Gasteiger partial charge in [0.15, 0.2) is 11.5 Å². The second-order valence-corrected chi connectivity index (χ2v) is 7.76. The van der Waals surface area contributed by atoms with Crippen molar-refractivity contribution in [3.8, 4) is 11.5 Å². The molecular weight excluding hydrogens is 344 g/mol. The number of carbonyl (C=O) groups excluding carboxylic acids is 2. The Hall–Kier alpha value is -2.24. The fourth-order valence-electron chi connectivity index (χ4n) is 4.60. The number of amides is 2. The zero-order chi connectivity index (χ0) is 18.8. The van der Waals surface area contributed by atoms with E-state index in [-0.39, 0.29) is 17.7 Å². The van der Waals surface area contributed by atoms with E-state index in [9.17, 15) is 9.59 Å². The van der Waals surface area contributed by atoms with Crippen molar-refractivity contribution in [1.29, 1.82) is 0 Å². The number of ether oxygens (including phenoxy) is 2. The molecule has 2 aliphatic heterocycles. The number of rotatable bonds is 3. The Morgan fingerprint density at radius 2 is 1.59 bits per heavy atom. The van der Waals surface area contributed by atoms with Crippen molar-refractivity contribution in [1.82, 2.24) is 9.80 Å². The highest BCUT2D eigenvalue weighted by molar-refractivity contribution is 5.85. The normalized spacial score (nSPS) is 21.2. The van der Waals surface area contributed by atoms with Crippen molar-refractivity contribution < 1.29 is 19.1 Å². The van der Waals surface area contributed by atoms with Crippen molar-refractivity contribution in [2.24, 2.45) is 5.92 Å². The van der Waals surface area contributed by atoms with Gasteiger partial charge in [-0.1, -0.05) is 18.9 Å². The van der Waals surface area contributed by atoms with Gasteiger partial charge >= 0.3 is 0 Å². The Bertz CT molecular complexity index is 706. The third-order valence-corrected chi connectivity index (χ3v) is 6.10. The van der Waals surface area contributed by atoms with Gasteiger partial charge in [-0.05, 0) is 36.5 Å². The van der Waals surface area contributed by atoms with E-state index >= 15 is 0 Å². The van der Waals surface area contributed by atoms with Gasteiger partial charge < -0.3 is 19.3 Å². The third-order valence-electron chi connectivity index (χ3n) is 6.10. The summed E-state index contributed by atoms with van der Waals surface area (Å²) in [6.07, 6.45) is 4.57. The van der Waals surface area contributed by atoms with Crippen molar-refractivity contribution in [2.45, 2.75) is 38.5 Å². The number of benzene rings is 1. The quantitative estimate of drug-likeness (QED) is 0.818. The lowest BCUT2D eigenvalue weighted by atomic mass is 9.83. The molecule has 0 N–H and O–H groups in total. The summed E-state index contributed by atoms with van der Waals surface area (Å²) in [5, 5.41) is 0. The molecule has 146 valence electrons. The SMILES string of the molecule is CC(=O)N1CCN(C(=O)C(c2ccc3c(c2)OCCO3)C2CCCC2)CC1. The fraction of sp³-hybridized carbons (Fsp3) is 0.619. The maximum atomic E-state index is 13.5. The van der Waals surface area contributed by atoms with E-state index < -0.39 is 0 Å². The number of fused-ring (bicyclic) bond motifs is 1. The minimum atomic E-state index is -0.132. The minimum absolute atomic E-state index is 0.0845. The molecule has 0 radical (unpaired) electrons. The summed E-state index contributed by atoms with van der Waals surface area (Å²) in [5.74, 6) is 2.04. The first-order valence-electron chi connectivity index (χ1n) is 10.1. The predicted molar refractivity (Wildman–Crippen MR) is 101 cm³/mol. The summed E-state index contributed by atoms with van der Waals surface area (Å²) in [6.45, 7) is 5.19. The first-order valence-corrected chi connectivity index (χ1v) is 10.1. The van der Waals surface area contributed by atoms with Gasteiger partial charge in [0.05, 0.1) is 5.92 Å². The van der Waals surface area contributed by atoms with Gasteiger partial charge in [-0.2, -0.15) is 0 Å². The predicted octanol–water partition coefficient (Wildman–Crippen LogP) is 2.42. The van der Waals surface area contributed by atoms with Gasteiger partial charge in [0.1, 0.15) is 13.2 Å².